The highest BCUT2D eigenvalue weighted by Crippen LogP contribution is 2.37. The molecule has 224 valence electrons. The average Bonchev–Trinajstić information content (AvgIpc) is 3.58. The molecule has 45 heavy (non-hydrogen) atoms. The minimum absolute atomic E-state index is 0.431. The van der Waals surface area contributed by atoms with E-state index in [1.54, 1.807) is 6.20 Å². The number of nitrogens with zero attached hydrogens (tertiary/aromatic N) is 4. The van der Waals surface area contributed by atoms with Gasteiger partial charge in [-0.1, -0.05) is 78.9 Å². The fraction of sp³-hybridized carbons (Fsp3) is 0.179. The van der Waals surface area contributed by atoms with Crippen molar-refractivity contribution in [2.24, 2.45) is 0 Å². The number of rotatable bonds is 10. The van der Waals surface area contributed by atoms with Crippen LogP contribution in [0.3, 0.4) is 0 Å². The first kappa shape index (κ1) is 28.4. The summed E-state index contributed by atoms with van der Waals surface area (Å²) in [6, 6.07) is 43.2. The number of hydrogen-bond donors (Lipinski definition) is 0. The molecule has 6 heteroatoms. The van der Waals surface area contributed by atoms with E-state index in [4.69, 9.17) is 14.6 Å². The molecule has 1 aliphatic heterocycles. The quantitative estimate of drug-likeness (QED) is 0.159. The molecule has 0 amide bonds. The minimum atomic E-state index is 0.431. The van der Waals surface area contributed by atoms with Crippen molar-refractivity contribution in [3.8, 4) is 39.8 Å². The molecular weight excluding hydrogens is 556 g/mol. The van der Waals surface area contributed by atoms with Crippen LogP contribution in [0.15, 0.2) is 134 Å². The molecule has 0 radical (unpaired) electrons. The lowest BCUT2D eigenvalue weighted by molar-refractivity contribution is 0.256. The fourth-order valence-corrected chi connectivity index (χ4v) is 5.77. The van der Waals surface area contributed by atoms with Crippen molar-refractivity contribution in [3.05, 3.63) is 145 Å². The zero-order valence-corrected chi connectivity index (χ0v) is 25.3. The topological polar surface area (TPSA) is 52.4 Å². The minimum Gasteiger partial charge on any atom is -0.485 e. The van der Waals surface area contributed by atoms with Crippen LogP contribution >= 0.6 is 0 Å². The number of benzene rings is 4. The average molecular weight is 593 g/mol. The Morgan fingerprint density at radius 1 is 0.578 bits per heavy atom. The molecule has 6 aromatic rings. The lowest BCUT2D eigenvalue weighted by Crippen LogP contribution is -2.29. The highest BCUT2D eigenvalue weighted by Gasteiger charge is 2.18. The molecule has 1 aliphatic rings. The summed E-state index contributed by atoms with van der Waals surface area (Å²) in [6.07, 6.45) is 5.58. The van der Waals surface area contributed by atoms with Gasteiger partial charge in [0.05, 0.1) is 11.4 Å². The van der Waals surface area contributed by atoms with Crippen LogP contribution in [0.4, 0.5) is 5.69 Å². The summed E-state index contributed by atoms with van der Waals surface area (Å²) >= 11 is 0. The molecule has 2 aromatic heterocycles. The number of piperidine rings is 1. The Hall–Kier alpha value is -5.36. The first-order valence-corrected chi connectivity index (χ1v) is 15.6. The van der Waals surface area contributed by atoms with Crippen LogP contribution in [0.2, 0.25) is 0 Å². The van der Waals surface area contributed by atoms with E-state index < -0.39 is 0 Å². The molecule has 7 rings (SSSR count). The maximum absolute atomic E-state index is 6.42. The molecule has 0 atom stereocenters. The van der Waals surface area contributed by atoms with Crippen molar-refractivity contribution in [1.29, 1.82) is 0 Å². The van der Waals surface area contributed by atoms with Gasteiger partial charge < -0.3 is 14.4 Å². The molecule has 0 unspecified atom stereocenters. The van der Waals surface area contributed by atoms with Gasteiger partial charge in [-0.3, -0.25) is 0 Å². The Bertz CT molecular complexity index is 1830. The molecule has 3 heterocycles. The van der Waals surface area contributed by atoms with E-state index in [1.165, 1.54) is 24.9 Å². The van der Waals surface area contributed by atoms with Crippen LogP contribution in [-0.4, -0.2) is 27.9 Å². The molecule has 4 aromatic carbocycles. The Kier molecular flexibility index (Phi) is 8.53. The third kappa shape index (κ3) is 6.75. The van der Waals surface area contributed by atoms with E-state index in [2.05, 4.69) is 70.5 Å². The van der Waals surface area contributed by atoms with Gasteiger partial charge in [0.2, 0.25) is 0 Å². The Morgan fingerprint density at radius 3 is 2.00 bits per heavy atom. The van der Waals surface area contributed by atoms with Crippen molar-refractivity contribution >= 4 is 5.69 Å². The van der Waals surface area contributed by atoms with Gasteiger partial charge in [0.1, 0.15) is 13.2 Å². The highest BCUT2D eigenvalue weighted by atomic mass is 16.5. The summed E-state index contributed by atoms with van der Waals surface area (Å²) in [7, 11) is 0. The lowest BCUT2D eigenvalue weighted by Gasteiger charge is -2.29. The predicted molar refractivity (Wildman–Crippen MR) is 180 cm³/mol. The van der Waals surface area contributed by atoms with Crippen molar-refractivity contribution in [3.63, 3.8) is 0 Å². The molecule has 1 saturated heterocycles. The van der Waals surface area contributed by atoms with Gasteiger partial charge in [-0.25, -0.2) is 9.67 Å². The van der Waals surface area contributed by atoms with Gasteiger partial charge in [0.25, 0.3) is 0 Å². The normalized spacial score (nSPS) is 13.0. The van der Waals surface area contributed by atoms with Crippen LogP contribution in [0.25, 0.3) is 28.3 Å². The van der Waals surface area contributed by atoms with Gasteiger partial charge in [-0.15, -0.1) is 0 Å². The zero-order chi connectivity index (χ0) is 30.3. The van der Waals surface area contributed by atoms with E-state index in [-0.39, 0.29) is 0 Å². The van der Waals surface area contributed by atoms with Crippen molar-refractivity contribution < 1.29 is 9.47 Å². The summed E-state index contributed by atoms with van der Waals surface area (Å²) in [6.45, 7) is 3.08. The maximum Gasteiger partial charge on any atom is 0.162 e. The van der Waals surface area contributed by atoms with Crippen LogP contribution in [0.5, 0.6) is 11.5 Å². The molecule has 0 aliphatic carbocycles. The van der Waals surface area contributed by atoms with Crippen molar-refractivity contribution in [2.75, 3.05) is 18.0 Å². The smallest absolute Gasteiger partial charge is 0.162 e. The van der Waals surface area contributed by atoms with Crippen molar-refractivity contribution in [2.45, 2.75) is 32.5 Å². The van der Waals surface area contributed by atoms with Crippen LogP contribution in [-0.2, 0) is 13.2 Å². The van der Waals surface area contributed by atoms with Crippen molar-refractivity contribution in [1.82, 2.24) is 14.8 Å². The van der Waals surface area contributed by atoms with Crippen LogP contribution in [0, 0.1) is 0 Å². The van der Waals surface area contributed by atoms with E-state index in [0.717, 1.165) is 52.5 Å². The predicted octanol–water partition coefficient (Wildman–Crippen LogP) is 8.75. The molecule has 0 spiro atoms. The van der Waals surface area contributed by atoms with Crippen LogP contribution < -0.4 is 14.4 Å². The second-order valence-electron chi connectivity index (χ2n) is 11.3. The number of aromatic nitrogens is 3. The number of hydrogen-bond acceptors (Lipinski definition) is 5. The first-order chi connectivity index (χ1) is 22.3. The molecule has 0 bridgehead atoms. The Balaban J connectivity index is 1.26. The summed E-state index contributed by atoms with van der Waals surface area (Å²) in [5.74, 6) is 2.12. The summed E-state index contributed by atoms with van der Waals surface area (Å²) in [5.41, 5.74) is 7.29. The first-order valence-electron chi connectivity index (χ1n) is 15.6. The Labute approximate surface area is 264 Å². The summed E-state index contributed by atoms with van der Waals surface area (Å²) < 4.78 is 14.6. The summed E-state index contributed by atoms with van der Waals surface area (Å²) in [4.78, 5) is 7.13. The molecule has 0 N–H and O–H groups in total. The third-order valence-corrected chi connectivity index (χ3v) is 8.15. The van der Waals surface area contributed by atoms with Crippen LogP contribution in [0.1, 0.15) is 30.4 Å². The van der Waals surface area contributed by atoms with E-state index in [1.807, 2.05) is 71.4 Å². The molecule has 0 saturated carbocycles. The van der Waals surface area contributed by atoms with E-state index in [9.17, 15) is 0 Å². The largest absolute Gasteiger partial charge is 0.485 e. The van der Waals surface area contributed by atoms with Gasteiger partial charge in [0, 0.05) is 36.1 Å². The third-order valence-electron chi connectivity index (χ3n) is 8.15. The Morgan fingerprint density at radius 2 is 1.29 bits per heavy atom. The van der Waals surface area contributed by atoms with E-state index >= 15 is 0 Å². The number of ether oxygens (including phenoxy) is 2. The number of anilines is 1. The standard InChI is InChI=1S/C39H36N4O2/c1-4-13-30(14-5-1)28-44-37-21-20-33(26-38(37)45-29-31-15-6-2-7-16-31)36-27-35(41-43(36)39-19-8-9-22-40-39)32-17-12-18-34(25-32)42-23-10-3-11-24-42/h1-2,4-9,12-22,25-27H,3,10-11,23-24,28-29H2. The van der Waals surface area contributed by atoms with Gasteiger partial charge in [0.15, 0.2) is 17.3 Å². The van der Waals surface area contributed by atoms with E-state index in [0.29, 0.717) is 24.7 Å². The zero-order valence-electron chi connectivity index (χ0n) is 25.3. The van der Waals surface area contributed by atoms with Gasteiger partial charge in [-0.2, -0.15) is 5.10 Å². The lowest BCUT2D eigenvalue weighted by atomic mass is 10.1. The SMILES string of the molecule is c1ccc(COc2ccc(-c3cc(-c4cccc(N5CCCCC5)c4)nn3-c3ccccn3)cc2OCc2ccccc2)cc1. The molecule has 1 fully saturated rings. The monoisotopic (exact) mass is 592 g/mol. The maximum atomic E-state index is 6.42. The fourth-order valence-electron chi connectivity index (χ4n) is 5.77. The molecular formula is C39H36N4O2. The summed E-state index contributed by atoms with van der Waals surface area (Å²) in [5, 5.41) is 5.10. The second-order valence-corrected chi connectivity index (χ2v) is 11.3. The molecule has 6 nitrogen and oxygen atoms in total. The number of pyridine rings is 1. The highest BCUT2D eigenvalue weighted by molar-refractivity contribution is 5.74. The van der Waals surface area contributed by atoms with Gasteiger partial charge in [-0.05, 0) is 78.9 Å². The second kappa shape index (κ2) is 13.5. The van der Waals surface area contributed by atoms with Gasteiger partial charge >= 0.3 is 0 Å².